The van der Waals surface area contributed by atoms with E-state index in [1.807, 2.05) is 0 Å². The lowest BCUT2D eigenvalue weighted by Crippen LogP contribution is -2.16. The molecule has 1 heterocycles. The molecule has 0 radical (unpaired) electrons. The molecule has 2 rings (SSSR count). The second kappa shape index (κ2) is 2.48. The first-order chi connectivity index (χ1) is 5.33. The Balaban J connectivity index is 1.79. The average Bonchev–Trinajstić information content (AvgIpc) is 2.52. The van der Waals surface area contributed by atoms with Gasteiger partial charge < -0.3 is 10.1 Å². The topological polar surface area (TPSA) is 38.3 Å². The van der Waals surface area contributed by atoms with E-state index in [-0.39, 0.29) is 5.97 Å². The quantitative estimate of drug-likeness (QED) is 0.571. The molecule has 0 bridgehead atoms. The van der Waals surface area contributed by atoms with Gasteiger partial charge in [-0.1, -0.05) is 0 Å². The van der Waals surface area contributed by atoms with Gasteiger partial charge in [0.2, 0.25) is 0 Å². The normalized spacial score (nSPS) is 39.9. The molecule has 2 fully saturated rings. The summed E-state index contributed by atoms with van der Waals surface area (Å²) < 4.78 is 4.61. The van der Waals surface area contributed by atoms with Crippen LogP contribution in [0.2, 0.25) is 0 Å². The SMILES string of the molecule is COC(=O)CC1C2CNC[C@H]21. The highest BCUT2D eigenvalue weighted by Gasteiger charge is 2.53. The molecule has 1 N–H and O–H groups in total. The third-order valence-corrected chi connectivity index (χ3v) is 2.90. The van der Waals surface area contributed by atoms with Crippen LogP contribution < -0.4 is 5.32 Å². The van der Waals surface area contributed by atoms with Gasteiger partial charge in [0.1, 0.15) is 0 Å². The fraction of sp³-hybridized carbons (Fsp3) is 0.875. The predicted octanol–water partition coefficient (Wildman–Crippen LogP) is 0.0149. The number of nitrogens with one attached hydrogen (secondary N) is 1. The van der Waals surface area contributed by atoms with Crippen LogP contribution in [0.5, 0.6) is 0 Å². The van der Waals surface area contributed by atoms with Gasteiger partial charge in [0.25, 0.3) is 0 Å². The molecule has 1 saturated carbocycles. The van der Waals surface area contributed by atoms with E-state index in [0.29, 0.717) is 12.3 Å². The van der Waals surface area contributed by atoms with Crippen LogP contribution >= 0.6 is 0 Å². The van der Waals surface area contributed by atoms with E-state index in [1.165, 1.54) is 7.11 Å². The Morgan fingerprint density at radius 3 is 2.73 bits per heavy atom. The van der Waals surface area contributed by atoms with Crippen LogP contribution in [-0.2, 0) is 9.53 Å². The van der Waals surface area contributed by atoms with Gasteiger partial charge in [0, 0.05) is 6.42 Å². The number of carbonyl (C=O) groups is 1. The van der Waals surface area contributed by atoms with E-state index in [2.05, 4.69) is 10.1 Å². The lowest BCUT2D eigenvalue weighted by atomic mass is 10.2. The fourth-order valence-corrected chi connectivity index (χ4v) is 2.13. The minimum absolute atomic E-state index is 0.0515. The van der Waals surface area contributed by atoms with Crippen molar-refractivity contribution in [1.82, 2.24) is 5.32 Å². The summed E-state index contributed by atoms with van der Waals surface area (Å²) in [4.78, 5) is 10.9. The van der Waals surface area contributed by atoms with Crippen LogP contribution in [0.4, 0.5) is 0 Å². The van der Waals surface area contributed by atoms with E-state index >= 15 is 0 Å². The molecule has 0 aromatic heterocycles. The zero-order chi connectivity index (χ0) is 7.84. The molecule has 0 aromatic carbocycles. The minimum atomic E-state index is -0.0515. The van der Waals surface area contributed by atoms with Gasteiger partial charge in [-0.2, -0.15) is 0 Å². The maximum atomic E-state index is 10.9. The predicted molar refractivity (Wildman–Crippen MR) is 40.0 cm³/mol. The molecule has 11 heavy (non-hydrogen) atoms. The number of esters is 1. The monoisotopic (exact) mass is 155 g/mol. The van der Waals surface area contributed by atoms with Crippen molar-refractivity contribution in [2.75, 3.05) is 20.2 Å². The minimum Gasteiger partial charge on any atom is -0.469 e. The molecular weight excluding hydrogens is 142 g/mol. The zero-order valence-electron chi connectivity index (χ0n) is 6.67. The van der Waals surface area contributed by atoms with E-state index in [4.69, 9.17) is 0 Å². The molecule has 1 saturated heterocycles. The third kappa shape index (κ3) is 1.13. The summed E-state index contributed by atoms with van der Waals surface area (Å²) in [5.41, 5.74) is 0. The number of fused-ring (bicyclic) bond motifs is 1. The molecule has 0 aromatic rings. The highest BCUT2D eigenvalue weighted by Crippen LogP contribution is 2.50. The lowest BCUT2D eigenvalue weighted by molar-refractivity contribution is -0.141. The first-order valence-electron chi connectivity index (χ1n) is 4.10. The van der Waals surface area contributed by atoms with Crippen LogP contribution in [0, 0.1) is 17.8 Å². The second-order valence-electron chi connectivity index (χ2n) is 3.43. The van der Waals surface area contributed by atoms with Crippen molar-refractivity contribution in [3.05, 3.63) is 0 Å². The molecule has 3 heteroatoms. The van der Waals surface area contributed by atoms with Crippen LogP contribution in [0.15, 0.2) is 0 Å². The van der Waals surface area contributed by atoms with Crippen molar-refractivity contribution in [1.29, 1.82) is 0 Å². The van der Waals surface area contributed by atoms with E-state index in [9.17, 15) is 4.79 Å². The number of carbonyl (C=O) groups excluding carboxylic acids is 1. The highest BCUT2D eigenvalue weighted by molar-refractivity contribution is 5.70. The first-order valence-corrected chi connectivity index (χ1v) is 4.10. The summed E-state index contributed by atoms with van der Waals surface area (Å²) >= 11 is 0. The number of rotatable bonds is 2. The van der Waals surface area contributed by atoms with Crippen molar-refractivity contribution in [2.24, 2.45) is 17.8 Å². The first kappa shape index (κ1) is 7.10. The van der Waals surface area contributed by atoms with Gasteiger partial charge in [0.15, 0.2) is 0 Å². The van der Waals surface area contributed by atoms with Gasteiger partial charge in [-0.05, 0) is 30.8 Å². The molecule has 1 aliphatic carbocycles. The molecule has 3 nitrogen and oxygen atoms in total. The lowest BCUT2D eigenvalue weighted by Gasteiger charge is -2.01. The van der Waals surface area contributed by atoms with E-state index in [1.54, 1.807) is 0 Å². The van der Waals surface area contributed by atoms with Gasteiger partial charge in [-0.3, -0.25) is 4.79 Å². The van der Waals surface area contributed by atoms with Crippen molar-refractivity contribution < 1.29 is 9.53 Å². The van der Waals surface area contributed by atoms with Crippen molar-refractivity contribution >= 4 is 5.97 Å². The Morgan fingerprint density at radius 1 is 1.55 bits per heavy atom. The van der Waals surface area contributed by atoms with Gasteiger partial charge >= 0.3 is 5.97 Å². The zero-order valence-corrected chi connectivity index (χ0v) is 6.67. The maximum Gasteiger partial charge on any atom is 0.305 e. The molecule has 1 aliphatic heterocycles. The van der Waals surface area contributed by atoms with E-state index in [0.717, 1.165) is 24.9 Å². The van der Waals surface area contributed by atoms with Crippen LogP contribution in [0.1, 0.15) is 6.42 Å². The van der Waals surface area contributed by atoms with Crippen molar-refractivity contribution in [3.63, 3.8) is 0 Å². The molecule has 0 spiro atoms. The Hall–Kier alpha value is -0.570. The van der Waals surface area contributed by atoms with Crippen LogP contribution in [0.3, 0.4) is 0 Å². The van der Waals surface area contributed by atoms with Crippen LogP contribution in [0.25, 0.3) is 0 Å². The smallest absolute Gasteiger partial charge is 0.305 e. The summed E-state index contributed by atoms with van der Waals surface area (Å²) in [6.45, 7) is 2.21. The summed E-state index contributed by atoms with van der Waals surface area (Å²) in [5.74, 6) is 2.12. The van der Waals surface area contributed by atoms with Gasteiger partial charge in [-0.15, -0.1) is 0 Å². The van der Waals surface area contributed by atoms with Gasteiger partial charge in [-0.25, -0.2) is 0 Å². The number of ether oxygens (including phenoxy) is 1. The molecule has 62 valence electrons. The third-order valence-electron chi connectivity index (χ3n) is 2.90. The number of methoxy groups -OCH3 is 1. The second-order valence-corrected chi connectivity index (χ2v) is 3.43. The fourth-order valence-electron chi connectivity index (χ4n) is 2.13. The number of piperidine rings is 1. The molecule has 0 amide bonds. The van der Waals surface area contributed by atoms with Gasteiger partial charge in [0.05, 0.1) is 7.11 Å². The number of hydrogen-bond donors (Lipinski definition) is 1. The average molecular weight is 155 g/mol. The Bertz CT molecular complexity index is 171. The molecular formula is C8H13NO2. The summed E-state index contributed by atoms with van der Waals surface area (Å²) in [6, 6.07) is 0. The van der Waals surface area contributed by atoms with Crippen molar-refractivity contribution in [2.45, 2.75) is 6.42 Å². The molecule has 2 unspecified atom stereocenters. The number of hydrogen-bond acceptors (Lipinski definition) is 3. The van der Waals surface area contributed by atoms with Crippen LogP contribution in [-0.4, -0.2) is 26.2 Å². The Morgan fingerprint density at radius 2 is 2.18 bits per heavy atom. The van der Waals surface area contributed by atoms with E-state index < -0.39 is 0 Å². The Labute approximate surface area is 66.1 Å². The summed E-state index contributed by atoms with van der Waals surface area (Å²) in [6.07, 6.45) is 0.632. The summed E-state index contributed by atoms with van der Waals surface area (Å²) in [7, 11) is 1.46. The Kier molecular flexibility index (Phi) is 1.60. The largest absolute Gasteiger partial charge is 0.469 e. The standard InChI is InChI=1S/C8H13NO2/c1-11-8(10)2-5-6-3-9-4-7(5)6/h5-7,9H,2-4H2,1H3/t5?,6-,7?/m0/s1. The molecule has 3 atom stereocenters. The highest BCUT2D eigenvalue weighted by atomic mass is 16.5. The molecule has 2 aliphatic rings. The maximum absolute atomic E-state index is 10.9. The van der Waals surface area contributed by atoms with Crippen molar-refractivity contribution in [3.8, 4) is 0 Å². The summed E-state index contributed by atoms with van der Waals surface area (Å²) in [5, 5.41) is 3.29.